The number of amides is 2. The van der Waals surface area contributed by atoms with Crippen molar-refractivity contribution in [2.75, 3.05) is 18.6 Å². The van der Waals surface area contributed by atoms with Crippen molar-refractivity contribution in [1.29, 1.82) is 0 Å². The molecule has 0 atom stereocenters. The number of hydrogen-bond donors (Lipinski definition) is 1. The third kappa shape index (κ3) is 5.32. The molecule has 6 nitrogen and oxygen atoms in total. The Morgan fingerprint density at radius 2 is 1.73 bits per heavy atom. The number of hydrogen-bond acceptors (Lipinski definition) is 4. The predicted octanol–water partition coefficient (Wildman–Crippen LogP) is 3.80. The Kier molecular flexibility index (Phi) is 6.95. The molecule has 0 aliphatic heterocycles. The van der Waals surface area contributed by atoms with E-state index in [0.29, 0.717) is 17.0 Å². The normalized spacial score (nSPS) is 10.6. The third-order valence-electron chi connectivity index (χ3n) is 4.47. The van der Waals surface area contributed by atoms with Crippen LogP contribution in [0.4, 0.5) is 5.69 Å². The minimum atomic E-state index is -0.401. The number of nitrogens with zero attached hydrogens (tertiary/aromatic N) is 2. The van der Waals surface area contributed by atoms with Crippen molar-refractivity contribution < 1.29 is 14.3 Å². The molecule has 0 heterocycles. The van der Waals surface area contributed by atoms with Crippen LogP contribution in [0.1, 0.15) is 21.5 Å². The molecule has 3 aromatic rings. The number of benzene rings is 3. The number of anilines is 1. The standard InChI is InChI=1S/C24H23N3O3/c1-18-9-6-7-14-22(18)27(24(29)20-11-4-3-5-12-20)17-23(28)26-25-16-19-10-8-13-21(15-19)30-2/h3-16H,17H2,1-2H3,(H,26,28). The van der Waals surface area contributed by atoms with E-state index in [1.807, 2.05) is 55.5 Å². The first-order valence-corrected chi connectivity index (χ1v) is 9.47. The topological polar surface area (TPSA) is 71.0 Å². The van der Waals surface area contributed by atoms with E-state index in [-0.39, 0.29) is 12.5 Å². The summed E-state index contributed by atoms with van der Waals surface area (Å²) >= 11 is 0. The van der Waals surface area contributed by atoms with Gasteiger partial charge in [0.2, 0.25) is 0 Å². The van der Waals surface area contributed by atoms with Crippen molar-refractivity contribution in [3.05, 3.63) is 95.6 Å². The fourth-order valence-electron chi connectivity index (χ4n) is 2.95. The number of methoxy groups -OCH3 is 1. The molecule has 0 aliphatic rings. The number of para-hydroxylation sites is 1. The summed E-state index contributed by atoms with van der Waals surface area (Å²) in [5, 5.41) is 4.00. The van der Waals surface area contributed by atoms with Crippen LogP contribution in [0.25, 0.3) is 0 Å². The quantitative estimate of drug-likeness (QED) is 0.484. The number of rotatable bonds is 7. The number of carbonyl (C=O) groups excluding carboxylic acids is 2. The maximum absolute atomic E-state index is 13.1. The van der Waals surface area contributed by atoms with Gasteiger partial charge in [0.05, 0.1) is 13.3 Å². The average Bonchev–Trinajstić information content (AvgIpc) is 2.78. The van der Waals surface area contributed by atoms with Crippen LogP contribution in [0.15, 0.2) is 84.0 Å². The highest BCUT2D eigenvalue weighted by Crippen LogP contribution is 2.21. The van der Waals surface area contributed by atoms with Crippen LogP contribution in [0.5, 0.6) is 5.75 Å². The van der Waals surface area contributed by atoms with Crippen molar-refractivity contribution in [2.45, 2.75) is 6.92 Å². The summed E-state index contributed by atoms with van der Waals surface area (Å²) in [4.78, 5) is 27.1. The van der Waals surface area contributed by atoms with Gasteiger partial charge in [0.25, 0.3) is 11.8 Å². The van der Waals surface area contributed by atoms with E-state index < -0.39 is 5.91 Å². The van der Waals surface area contributed by atoms with Crippen molar-refractivity contribution in [3.63, 3.8) is 0 Å². The molecule has 0 fully saturated rings. The van der Waals surface area contributed by atoms with Crippen LogP contribution >= 0.6 is 0 Å². The second-order valence-electron chi connectivity index (χ2n) is 6.61. The van der Waals surface area contributed by atoms with Gasteiger partial charge in [0.15, 0.2) is 0 Å². The number of carbonyl (C=O) groups is 2. The molecular formula is C24H23N3O3. The molecule has 0 bridgehead atoms. The molecule has 1 N–H and O–H groups in total. The lowest BCUT2D eigenvalue weighted by atomic mass is 10.1. The minimum Gasteiger partial charge on any atom is -0.497 e. The van der Waals surface area contributed by atoms with E-state index in [1.54, 1.807) is 37.4 Å². The fraction of sp³-hybridized carbons (Fsp3) is 0.125. The summed E-state index contributed by atoms with van der Waals surface area (Å²) in [5.41, 5.74) is 5.36. The van der Waals surface area contributed by atoms with E-state index in [4.69, 9.17) is 4.74 Å². The van der Waals surface area contributed by atoms with Crippen LogP contribution in [0.2, 0.25) is 0 Å². The summed E-state index contributed by atoms with van der Waals surface area (Å²) < 4.78 is 5.17. The Balaban J connectivity index is 1.75. The number of ether oxygens (including phenoxy) is 1. The van der Waals surface area contributed by atoms with Gasteiger partial charge in [-0.1, -0.05) is 48.5 Å². The first kappa shape index (κ1) is 20.8. The Bertz CT molecular complexity index is 1050. The SMILES string of the molecule is COc1cccc(C=NNC(=O)CN(C(=O)c2ccccc2)c2ccccc2C)c1. The van der Waals surface area contributed by atoms with Crippen LogP contribution in [-0.2, 0) is 4.79 Å². The second-order valence-corrected chi connectivity index (χ2v) is 6.61. The highest BCUT2D eigenvalue weighted by Gasteiger charge is 2.21. The van der Waals surface area contributed by atoms with Crippen molar-refractivity contribution in [2.24, 2.45) is 5.10 Å². The van der Waals surface area contributed by atoms with Gasteiger partial charge in [-0.05, 0) is 48.4 Å². The molecular weight excluding hydrogens is 378 g/mol. The molecule has 0 aliphatic carbocycles. The lowest BCUT2D eigenvalue weighted by Gasteiger charge is -2.23. The zero-order valence-electron chi connectivity index (χ0n) is 16.9. The Morgan fingerprint density at radius 3 is 2.47 bits per heavy atom. The van der Waals surface area contributed by atoms with Gasteiger partial charge < -0.3 is 4.74 Å². The van der Waals surface area contributed by atoms with E-state index in [1.165, 1.54) is 11.1 Å². The summed E-state index contributed by atoms with van der Waals surface area (Å²) in [7, 11) is 1.59. The predicted molar refractivity (Wildman–Crippen MR) is 118 cm³/mol. The molecule has 6 heteroatoms. The van der Waals surface area contributed by atoms with E-state index in [2.05, 4.69) is 10.5 Å². The molecule has 0 unspecified atom stereocenters. The van der Waals surface area contributed by atoms with Gasteiger partial charge in [-0.25, -0.2) is 5.43 Å². The number of aryl methyl sites for hydroxylation is 1. The summed E-state index contributed by atoms with van der Waals surface area (Å²) in [6, 6.07) is 23.6. The molecule has 0 saturated heterocycles. The van der Waals surface area contributed by atoms with Gasteiger partial charge in [0, 0.05) is 11.3 Å². The maximum Gasteiger partial charge on any atom is 0.260 e. The Morgan fingerprint density at radius 1 is 1.00 bits per heavy atom. The van der Waals surface area contributed by atoms with Crippen LogP contribution in [0.3, 0.4) is 0 Å². The molecule has 2 amide bonds. The van der Waals surface area contributed by atoms with Crippen molar-refractivity contribution in [1.82, 2.24) is 5.43 Å². The smallest absolute Gasteiger partial charge is 0.260 e. The maximum atomic E-state index is 13.1. The highest BCUT2D eigenvalue weighted by molar-refractivity contribution is 6.09. The van der Waals surface area contributed by atoms with E-state index in [0.717, 1.165) is 11.1 Å². The van der Waals surface area contributed by atoms with Crippen molar-refractivity contribution >= 4 is 23.7 Å². The summed E-state index contributed by atoms with van der Waals surface area (Å²) in [5.74, 6) is 0.0444. The van der Waals surface area contributed by atoms with Crippen LogP contribution in [0, 0.1) is 6.92 Å². The number of nitrogens with one attached hydrogen (secondary N) is 1. The van der Waals surface area contributed by atoms with Gasteiger partial charge in [-0.2, -0.15) is 5.10 Å². The summed E-state index contributed by atoms with van der Waals surface area (Å²) in [6.45, 7) is 1.74. The Hall–Kier alpha value is -3.93. The largest absolute Gasteiger partial charge is 0.497 e. The highest BCUT2D eigenvalue weighted by atomic mass is 16.5. The average molecular weight is 401 g/mol. The molecule has 3 rings (SSSR count). The molecule has 3 aromatic carbocycles. The van der Waals surface area contributed by atoms with E-state index in [9.17, 15) is 9.59 Å². The molecule has 0 radical (unpaired) electrons. The van der Waals surface area contributed by atoms with Gasteiger partial charge in [-0.3, -0.25) is 14.5 Å². The van der Waals surface area contributed by atoms with Crippen LogP contribution < -0.4 is 15.1 Å². The molecule has 30 heavy (non-hydrogen) atoms. The van der Waals surface area contributed by atoms with E-state index >= 15 is 0 Å². The molecule has 0 saturated carbocycles. The lowest BCUT2D eigenvalue weighted by molar-refractivity contribution is -0.119. The number of hydrazone groups is 1. The van der Waals surface area contributed by atoms with Crippen LogP contribution in [-0.4, -0.2) is 31.7 Å². The lowest BCUT2D eigenvalue weighted by Crippen LogP contribution is -2.40. The van der Waals surface area contributed by atoms with Gasteiger partial charge in [0.1, 0.15) is 12.3 Å². The third-order valence-corrected chi connectivity index (χ3v) is 4.47. The molecule has 0 spiro atoms. The van der Waals surface area contributed by atoms with Gasteiger partial charge in [-0.15, -0.1) is 0 Å². The van der Waals surface area contributed by atoms with Gasteiger partial charge >= 0.3 is 0 Å². The first-order chi connectivity index (χ1) is 14.6. The zero-order chi connectivity index (χ0) is 21.3. The minimum absolute atomic E-state index is 0.159. The fourth-order valence-corrected chi connectivity index (χ4v) is 2.95. The molecule has 0 aromatic heterocycles. The molecule has 152 valence electrons. The Labute approximate surface area is 175 Å². The zero-order valence-corrected chi connectivity index (χ0v) is 16.9. The summed E-state index contributed by atoms with van der Waals surface area (Å²) in [6.07, 6.45) is 1.53. The van der Waals surface area contributed by atoms with Crippen molar-refractivity contribution in [3.8, 4) is 5.75 Å². The first-order valence-electron chi connectivity index (χ1n) is 9.47. The second kappa shape index (κ2) is 10.0. The monoisotopic (exact) mass is 401 g/mol.